The number of hydrogen-bond donors (Lipinski definition) is 1. The molecule has 0 bridgehead atoms. The third-order valence-electron chi connectivity index (χ3n) is 5.31. The molecule has 1 fully saturated rings. The van der Waals surface area contributed by atoms with E-state index in [1.54, 1.807) is 23.1 Å². The summed E-state index contributed by atoms with van der Waals surface area (Å²) in [5, 5.41) is 11.5. The van der Waals surface area contributed by atoms with Crippen molar-refractivity contribution in [3.05, 3.63) is 62.0 Å². The summed E-state index contributed by atoms with van der Waals surface area (Å²) in [6, 6.07) is 10.7. The summed E-state index contributed by atoms with van der Waals surface area (Å²) in [6.07, 6.45) is -4.48. The van der Waals surface area contributed by atoms with Crippen LogP contribution in [0.5, 0.6) is 0 Å². The fourth-order valence-electron chi connectivity index (χ4n) is 3.70. The number of carbonyl (C=O) groups is 1. The van der Waals surface area contributed by atoms with E-state index in [0.717, 1.165) is 0 Å². The Hall–Kier alpha value is -1.95. The average Bonchev–Trinajstić information content (AvgIpc) is 3.14. The first-order chi connectivity index (χ1) is 14.6. The van der Waals surface area contributed by atoms with Gasteiger partial charge in [-0.2, -0.15) is 18.4 Å². The van der Waals surface area contributed by atoms with E-state index in [0.29, 0.717) is 15.7 Å². The van der Waals surface area contributed by atoms with Crippen LogP contribution in [0, 0.1) is 11.3 Å². The second-order valence-corrected chi connectivity index (χ2v) is 8.96. The Morgan fingerprint density at radius 3 is 2.48 bits per heavy atom. The summed E-state index contributed by atoms with van der Waals surface area (Å²) in [6.45, 7) is 0.0864. The summed E-state index contributed by atoms with van der Waals surface area (Å²) in [5.41, 5.74) is -1.18. The molecule has 2 aromatic carbocycles. The Labute approximate surface area is 196 Å². The van der Waals surface area contributed by atoms with Gasteiger partial charge in [0, 0.05) is 39.8 Å². The number of nitriles is 1. The Morgan fingerprint density at radius 2 is 1.90 bits per heavy atom. The molecular formula is C21H17BrCl2F3N3O. The predicted molar refractivity (Wildman–Crippen MR) is 118 cm³/mol. The van der Waals surface area contributed by atoms with Gasteiger partial charge in [-0.15, -0.1) is 0 Å². The van der Waals surface area contributed by atoms with Crippen LogP contribution in [0.15, 0.2) is 40.9 Å². The maximum absolute atomic E-state index is 14.3. The van der Waals surface area contributed by atoms with Gasteiger partial charge in [0.05, 0.1) is 18.1 Å². The first kappa shape index (κ1) is 23.7. The van der Waals surface area contributed by atoms with Gasteiger partial charge in [-0.1, -0.05) is 23.2 Å². The number of rotatable bonds is 5. The number of nitrogens with one attached hydrogen (secondary N) is 1. The minimum absolute atomic E-state index is 0.0348. The molecule has 1 aliphatic heterocycles. The van der Waals surface area contributed by atoms with Crippen molar-refractivity contribution in [2.45, 2.75) is 24.4 Å². The predicted octanol–water partition coefficient (Wildman–Crippen LogP) is 6.11. The highest BCUT2D eigenvalue weighted by atomic mass is 79.9. The second kappa shape index (κ2) is 9.27. The second-order valence-electron chi connectivity index (χ2n) is 7.24. The van der Waals surface area contributed by atoms with Crippen LogP contribution in [-0.4, -0.2) is 31.7 Å². The van der Waals surface area contributed by atoms with E-state index in [9.17, 15) is 18.0 Å². The van der Waals surface area contributed by atoms with Crippen LogP contribution in [0.1, 0.15) is 28.8 Å². The zero-order chi connectivity index (χ0) is 22.8. The summed E-state index contributed by atoms with van der Waals surface area (Å²) in [4.78, 5) is 13.8. The lowest BCUT2D eigenvalue weighted by Crippen LogP contribution is -2.44. The highest BCUT2D eigenvalue weighted by molar-refractivity contribution is 9.10. The monoisotopic (exact) mass is 533 g/mol. The Balaban J connectivity index is 1.88. The van der Waals surface area contributed by atoms with Crippen LogP contribution in [0.25, 0.3) is 0 Å². The molecule has 0 aliphatic carbocycles. The zero-order valence-electron chi connectivity index (χ0n) is 16.1. The number of benzene rings is 2. The molecule has 3 rings (SSSR count). The lowest BCUT2D eigenvalue weighted by atomic mass is 9.79. The van der Waals surface area contributed by atoms with Gasteiger partial charge in [0.25, 0.3) is 5.91 Å². The zero-order valence-corrected chi connectivity index (χ0v) is 19.2. The van der Waals surface area contributed by atoms with Crippen molar-refractivity contribution in [2.24, 2.45) is 0 Å². The van der Waals surface area contributed by atoms with E-state index in [-0.39, 0.29) is 54.0 Å². The van der Waals surface area contributed by atoms with Crippen molar-refractivity contribution in [3.8, 4) is 6.07 Å². The van der Waals surface area contributed by atoms with Gasteiger partial charge in [-0.25, -0.2) is 0 Å². The summed E-state index contributed by atoms with van der Waals surface area (Å²) in [7, 11) is 0. The quantitative estimate of drug-likeness (QED) is 0.471. The lowest BCUT2D eigenvalue weighted by Gasteiger charge is -2.33. The van der Waals surface area contributed by atoms with Crippen molar-refractivity contribution in [2.75, 3.05) is 24.5 Å². The van der Waals surface area contributed by atoms with Gasteiger partial charge in [0.15, 0.2) is 0 Å². The standard InChI is InChI=1S/C21H17BrCl2F3N3O/c22-18-11-16(2-3-17(18)19(31)29-6-1-5-28)30-7-4-20(12-30,21(25,26)27)13-8-14(23)10-15(24)9-13/h2-3,8-11H,1,4,6-7,12H2,(H,29,31). The maximum atomic E-state index is 14.3. The van der Waals surface area contributed by atoms with Crippen molar-refractivity contribution in [1.82, 2.24) is 5.32 Å². The van der Waals surface area contributed by atoms with Crippen molar-refractivity contribution in [1.29, 1.82) is 5.26 Å². The first-order valence-electron chi connectivity index (χ1n) is 9.30. The Morgan fingerprint density at radius 1 is 1.23 bits per heavy atom. The topological polar surface area (TPSA) is 56.1 Å². The van der Waals surface area contributed by atoms with Crippen LogP contribution < -0.4 is 10.2 Å². The number of alkyl halides is 3. The summed E-state index contributed by atoms with van der Waals surface area (Å²) < 4.78 is 43.2. The third kappa shape index (κ3) is 4.94. The highest BCUT2D eigenvalue weighted by Crippen LogP contribution is 2.49. The summed E-state index contributed by atoms with van der Waals surface area (Å²) >= 11 is 15.3. The van der Waals surface area contributed by atoms with Crippen LogP contribution in [-0.2, 0) is 5.41 Å². The Bertz CT molecular complexity index is 1020. The molecule has 1 N–H and O–H groups in total. The first-order valence-corrected chi connectivity index (χ1v) is 10.9. The van der Waals surface area contributed by atoms with Crippen molar-refractivity contribution in [3.63, 3.8) is 0 Å². The molecular weight excluding hydrogens is 518 g/mol. The number of halogens is 6. The van der Waals surface area contributed by atoms with Crippen LogP contribution in [0.3, 0.4) is 0 Å². The number of amides is 1. The van der Waals surface area contributed by atoms with Gasteiger partial charge in [-0.05, 0) is 64.3 Å². The highest BCUT2D eigenvalue weighted by Gasteiger charge is 2.59. The number of carbonyl (C=O) groups excluding carboxylic acids is 1. The number of hydrogen-bond acceptors (Lipinski definition) is 3. The molecule has 4 nitrogen and oxygen atoms in total. The van der Waals surface area contributed by atoms with Gasteiger partial charge in [0.1, 0.15) is 5.41 Å². The van der Waals surface area contributed by atoms with Gasteiger partial charge >= 0.3 is 6.18 Å². The smallest absolute Gasteiger partial charge is 0.370 e. The van der Waals surface area contributed by atoms with E-state index in [1.807, 2.05) is 6.07 Å². The van der Waals surface area contributed by atoms with E-state index >= 15 is 0 Å². The molecule has 1 heterocycles. The minimum Gasteiger partial charge on any atom is -0.370 e. The van der Waals surface area contributed by atoms with Crippen molar-refractivity contribution < 1.29 is 18.0 Å². The molecule has 1 unspecified atom stereocenters. The third-order valence-corrected chi connectivity index (χ3v) is 6.40. The van der Waals surface area contributed by atoms with Crippen molar-refractivity contribution >= 4 is 50.7 Å². The van der Waals surface area contributed by atoms with Gasteiger partial charge < -0.3 is 10.2 Å². The fourth-order valence-corrected chi connectivity index (χ4v) is 4.78. The maximum Gasteiger partial charge on any atom is 0.400 e. The van der Waals surface area contributed by atoms with Crippen LogP contribution in [0.4, 0.5) is 18.9 Å². The van der Waals surface area contributed by atoms with E-state index < -0.39 is 11.6 Å². The van der Waals surface area contributed by atoms with E-state index in [4.69, 9.17) is 28.5 Å². The van der Waals surface area contributed by atoms with Gasteiger partial charge in [-0.3, -0.25) is 4.79 Å². The SMILES string of the molecule is N#CCCNC(=O)c1ccc(N2CCC(c3cc(Cl)cc(Cl)c3)(C(F)(F)F)C2)cc1Br. The molecule has 0 aromatic heterocycles. The molecule has 0 saturated carbocycles. The number of nitrogens with zero attached hydrogens (tertiary/aromatic N) is 2. The average molecular weight is 535 g/mol. The van der Waals surface area contributed by atoms with E-state index in [1.165, 1.54) is 18.2 Å². The molecule has 164 valence electrons. The molecule has 1 atom stereocenters. The fraction of sp³-hybridized carbons (Fsp3) is 0.333. The largest absolute Gasteiger partial charge is 0.400 e. The number of anilines is 1. The van der Waals surface area contributed by atoms with Crippen LogP contribution in [0.2, 0.25) is 10.0 Å². The molecule has 1 amide bonds. The van der Waals surface area contributed by atoms with Crippen LogP contribution >= 0.6 is 39.1 Å². The van der Waals surface area contributed by atoms with Gasteiger partial charge in [0.2, 0.25) is 0 Å². The molecule has 2 aromatic rings. The molecule has 0 spiro atoms. The molecule has 31 heavy (non-hydrogen) atoms. The molecule has 1 saturated heterocycles. The van der Waals surface area contributed by atoms with E-state index in [2.05, 4.69) is 21.2 Å². The molecule has 10 heteroatoms. The minimum atomic E-state index is -4.51. The molecule has 0 radical (unpaired) electrons. The Kier molecular flexibility index (Phi) is 7.09. The normalized spacial score (nSPS) is 18.7. The summed E-state index contributed by atoms with van der Waals surface area (Å²) in [5.74, 6) is -0.367. The lowest BCUT2D eigenvalue weighted by molar-refractivity contribution is -0.184. The molecule has 1 aliphatic rings.